The fourth-order valence-electron chi connectivity index (χ4n) is 8.36. The summed E-state index contributed by atoms with van der Waals surface area (Å²) in [7, 11) is 1.23. The van der Waals surface area contributed by atoms with Crippen LogP contribution in [0.4, 0.5) is 4.79 Å². The number of aliphatic hydroxyl groups excluding tert-OH is 7. The monoisotopic (exact) mass is 925 g/mol. The van der Waals surface area contributed by atoms with Crippen molar-refractivity contribution in [2.75, 3.05) is 45.8 Å². The number of methoxy groups -OCH3 is 1. The first-order valence-electron chi connectivity index (χ1n) is 21.7. The van der Waals surface area contributed by atoms with Gasteiger partial charge in [-0.2, -0.15) is 11.8 Å². The molecule has 0 radical (unpaired) electrons. The van der Waals surface area contributed by atoms with Crippen molar-refractivity contribution in [1.82, 2.24) is 26.6 Å². The molecule has 0 saturated carbocycles. The molecule has 0 unspecified atom stereocenters. The van der Waals surface area contributed by atoms with Gasteiger partial charge in [0.05, 0.1) is 31.4 Å². The van der Waals surface area contributed by atoms with Crippen LogP contribution in [0.25, 0.3) is 0 Å². The van der Waals surface area contributed by atoms with Crippen LogP contribution < -0.4 is 26.6 Å². The van der Waals surface area contributed by atoms with E-state index >= 15 is 0 Å². The molecule has 24 heteroatoms. The molecule has 5 heterocycles. The molecule has 5 aliphatic heterocycles. The second-order valence-corrected chi connectivity index (χ2v) is 17.8. The van der Waals surface area contributed by atoms with E-state index in [-0.39, 0.29) is 49.5 Å². The molecule has 5 aliphatic rings. The van der Waals surface area contributed by atoms with E-state index in [0.29, 0.717) is 37.5 Å². The Balaban J connectivity index is 1.06. The lowest BCUT2D eigenvalue weighted by molar-refractivity contribution is -0.382. The first kappa shape index (κ1) is 51.5. The van der Waals surface area contributed by atoms with Crippen molar-refractivity contribution >= 4 is 35.5 Å². The zero-order valence-corrected chi connectivity index (χ0v) is 36.6. The predicted octanol–water partition coefficient (Wildman–Crippen LogP) is -4.20. The lowest BCUT2D eigenvalue weighted by Crippen LogP contribution is -2.69. The molecule has 0 aromatic carbocycles. The van der Waals surface area contributed by atoms with Gasteiger partial charge < -0.3 is 95.5 Å². The molecule has 0 aromatic heterocycles. The minimum Gasteiger partial charge on any atom is -0.394 e. The van der Waals surface area contributed by atoms with Gasteiger partial charge in [-0.15, -0.1) is 0 Å². The number of hydrogen-bond acceptors (Lipinski definition) is 19. The zero-order valence-electron chi connectivity index (χ0n) is 35.8. The Bertz CT molecular complexity index is 1480. The van der Waals surface area contributed by atoms with Crippen LogP contribution >= 0.6 is 11.8 Å². The second kappa shape index (κ2) is 24.8. The third-order valence-corrected chi connectivity index (χ3v) is 13.4. The number of aliphatic hydroxyl groups is 7. The number of fused-ring (bicyclic) bond motifs is 1. The minimum atomic E-state index is -1.81. The summed E-state index contributed by atoms with van der Waals surface area (Å²) in [5, 5.41) is 88.8. The smallest absolute Gasteiger partial charge is 0.315 e. The number of nitrogens with one attached hydrogen (secondary N) is 5. The molecule has 5 saturated heterocycles. The van der Waals surface area contributed by atoms with Crippen molar-refractivity contribution in [1.29, 1.82) is 0 Å². The number of hydrogen-bond donors (Lipinski definition) is 12. The molecule has 5 amide bonds. The molecule has 0 bridgehead atoms. The minimum absolute atomic E-state index is 0.0661. The van der Waals surface area contributed by atoms with Crippen LogP contribution in [0.5, 0.6) is 0 Å². The molecule has 0 spiro atoms. The highest BCUT2D eigenvalue weighted by Gasteiger charge is 2.54. The van der Waals surface area contributed by atoms with Crippen molar-refractivity contribution in [2.24, 2.45) is 0 Å². The quantitative estimate of drug-likeness (QED) is 0.0341. The molecule has 0 aromatic rings. The Hall–Kier alpha value is -2.53. The Morgan fingerprint density at radius 2 is 1.35 bits per heavy atom. The molecule has 0 aliphatic carbocycles. The van der Waals surface area contributed by atoms with Crippen LogP contribution in [0.1, 0.15) is 65.2 Å². The Labute approximate surface area is 369 Å². The van der Waals surface area contributed by atoms with Crippen LogP contribution in [0.2, 0.25) is 0 Å². The molecule has 23 nitrogen and oxygen atoms in total. The molecular formula is C39H67N5O18S. The largest absolute Gasteiger partial charge is 0.394 e. The summed E-state index contributed by atoms with van der Waals surface area (Å²) in [6.45, 7) is 1.84. The van der Waals surface area contributed by atoms with Gasteiger partial charge in [-0.1, -0.05) is 12.8 Å². The third kappa shape index (κ3) is 13.8. The molecule has 5 rings (SSSR count). The van der Waals surface area contributed by atoms with E-state index in [2.05, 4.69) is 26.6 Å². The van der Waals surface area contributed by atoms with E-state index in [1.165, 1.54) is 21.0 Å². The standard InChI is InChI=1S/C39H67N5O18S/c1-18-28(50)31(53)34(56-3)37(58-18)62-35-32(54)29(51)21(15-45)60-38(35)61-33-27(42-19(2)47)36(59-22(16-46)30(33)52)57-14-8-4-5-10-24(48)40-12-13-41-25(49)11-7-6-9-23-26-20(17-63-23)43-39(55)44-26/h18,20-23,26-38,45-46,50-54H,4-17H2,1-3H3,(H,40,48)(H,41,49)(H,42,47)(H2,43,44,55)/t18-,20+,21-,22-,23+,26+,27-,28+,29+,30+,31+,32+,33-,34-,35-,36+,37-,38+/m1/s1. The van der Waals surface area contributed by atoms with E-state index in [4.69, 9.17) is 33.2 Å². The normalized spacial score (nSPS) is 38.9. The Morgan fingerprint density at radius 1 is 0.746 bits per heavy atom. The first-order valence-corrected chi connectivity index (χ1v) is 22.7. The highest BCUT2D eigenvalue weighted by atomic mass is 32.2. The molecule has 362 valence electrons. The van der Waals surface area contributed by atoms with Crippen LogP contribution in [0, 0.1) is 0 Å². The summed E-state index contributed by atoms with van der Waals surface area (Å²) in [4.78, 5) is 48.7. The van der Waals surface area contributed by atoms with Crippen molar-refractivity contribution in [3.8, 4) is 0 Å². The summed E-state index contributed by atoms with van der Waals surface area (Å²) in [6, 6.07) is -1.04. The summed E-state index contributed by atoms with van der Waals surface area (Å²) < 4.78 is 40.8. The van der Waals surface area contributed by atoms with Gasteiger partial charge in [0.15, 0.2) is 18.9 Å². The van der Waals surface area contributed by atoms with Crippen molar-refractivity contribution < 1.29 is 88.1 Å². The summed E-state index contributed by atoms with van der Waals surface area (Å²) in [5.74, 6) is 0.0535. The Kier molecular flexibility index (Phi) is 20.3. The molecule has 18 atom stereocenters. The number of unbranched alkanes of at least 4 members (excludes halogenated alkanes) is 3. The van der Waals surface area contributed by atoms with Gasteiger partial charge in [-0.3, -0.25) is 14.4 Å². The van der Waals surface area contributed by atoms with E-state index in [1.807, 2.05) is 11.8 Å². The molecule has 5 fully saturated rings. The van der Waals surface area contributed by atoms with Gasteiger partial charge in [0.2, 0.25) is 17.7 Å². The van der Waals surface area contributed by atoms with Crippen LogP contribution in [-0.4, -0.2) is 215 Å². The zero-order chi connectivity index (χ0) is 45.8. The number of carbonyl (C=O) groups excluding carboxylic acids is 4. The average Bonchev–Trinajstić information content (AvgIpc) is 3.81. The maximum absolute atomic E-state index is 12.5. The predicted molar refractivity (Wildman–Crippen MR) is 218 cm³/mol. The van der Waals surface area contributed by atoms with Gasteiger partial charge in [-0.05, 0) is 32.6 Å². The van der Waals surface area contributed by atoms with Gasteiger partial charge in [0.1, 0.15) is 67.1 Å². The van der Waals surface area contributed by atoms with E-state index in [0.717, 1.165) is 25.0 Å². The van der Waals surface area contributed by atoms with Crippen LogP contribution in [0.3, 0.4) is 0 Å². The fourth-order valence-corrected chi connectivity index (χ4v) is 9.91. The van der Waals surface area contributed by atoms with E-state index in [1.54, 1.807) is 0 Å². The molecule has 12 N–H and O–H groups in total. The van der Waals surface area contributed by atoms with Gasteiger partial charge in [0, 0.05) is 57.6 Å². The lowest BCUT2D eigenvalue weighted by Gasteiger charge is -2.49. The number of ether oxygens (including phenoxy) is 7. The summed E-state index contributed by atoms with van der Waals surface area (Å²) in [5.41, 5.74) is 0. The van der Waals surface area contributed by atoms with Crippen LogP contribution in [0.15, 0.2) is 0 Å². The number of carbonyl (C=O) groups is 4. The van der Waals surface area contributed by atoms with Gasteiger partial charge in [0.25, 0.3) is 0 Å². The molecule has 63 heavy (non-hydrogen) atoms. The van der Waals surface area contributed by atoms with Crippen molar-refractivity contribution in [3.63, 3.8) is 0 Å². The van der Waals surface area contributed by atoms with Crippen molar-refractivity contribution in [3.05, 3.63) is 0 Å². The molecular weight excluding hydrogens is 859 g/mol. The number of thioether (sulfide) groups is 1. The average molecular weight is 926 g/mol. The van der Waals surface area contributed by atoms with E-state index in [9.17, 15) is 54.9 Å². The number of urea groups is 1. The van der Waals surface area contributed by atoms with Crippen molar-refractivity contribution in [2.45, 2.75) is 175 Å². The van der Waals surface area contributed by atoms with Gasteiger partial charge in [-0.25, -0.2) is 4.79 Å². The topological polar surface area (TPSA) is 335 Å². The SMILES string of the molecule is CO[C@H]1[C@@H](O[C@H]2[C@H](O[C@H]3[C@@H](O)[C@@H](CO)O[C@H](OCCCCCC(=O)NCCNC(=O)CCCC[C@@H]4SC[C@@H]5NC(=O)N[C@@H]54)[C@@H]3NC(C)=O)O[C@H](CO)[C@H](O)[C@@H]2O)O[C@H](C)[C@H](O)[C@@H]1O. The maximum Gasteiger partial charge on any atom is 0.315 e. The highest BCUT2D eigenvalue weighted by molar-refractivity contribution is 8.00. The number of amides is 5. The lowest BCUT2D eigenvalue weighted by atomic mass is 9.95. The fraction of sp³-hybridized carbons (Fsp3) is 0.897. The van der Waals surface area contributed by atoms with E-state index < -0.39 is 111 Å². The third-order valence-electron chi connectivity index (χ3n) is 11.9. The second-order valence-electron chi connectivity index (χ2n) is 16.5. The Morgan fingerprint density at radius 3 is 2.00 bits per heavy atom. The number of rotatable bonds is 23. The first-order chi connectivity index (χ1) is 30.2. The van der Waals surface area contributed by atoms with Crippen LogP contribution in [-0.2, 0) is 47.5 Å². The maximum atomic E-state index is 12.5. The van der Waals surface area contributed by atoms with Gasteiger partial charge >= 0.3 is 6.03 Å². The highest BCUT2D eigenvalue weighted by Crippen LogP contribution is 2.35. The summed E-state index contributed by atoms with van der Waals surface area (Å²) >= 11 is 1.84. The summed E-state index contributed by atoms with van der Waals surface area (Å²) in [6.07, 6.45) is -15.8.